The van der Waals surface area contributed by atoms with E-state index in [1.165, 1.54) is 23.9 Å². The summed E-state index contributed by atoms with van der Waals surface area (Å²) in [4.78, 5) is 204. The minimum atomic E-state index is -1.24. The Hall–Kier alpha value is -18.0. The molecule has 0 bridgehead atoms. The molecule has 16 N–H and O–H groups in total. The maximum Gasteiger partial charge on any atom is 0.290 e. The first-order valence-electron chi connectivity index (χ1n) is 45.1. The molecule has 0 saturated carbocycles. The number of fused-ring (bicyclic) bond motifs is 1. The third-order valence-electron chi connectivity index (χ3n) is 21.7. The second-order valence-electron chi connectivity index (χ2n) is 34.4. The highest BCUT2D eigenvalue weighted by Crippen LogP contribution is 2.32. The average Bonchev–Trinajstić information content (AvgIpc) is 1.67. The molecule has 0 saturated heterocycles. The quantitative estimate of drug-likeness (QED) is 0.0164. The number of ether oxygens (including phenoxy) is 1. The molecule has 37 nitrogen and oxygen atoms in total. The molecule has 5 atom stereocenters. The van der Waals surface area contributed by atoms with Gasteiger partial charge in [-0.25, -0.2) is 24.6 Å². The Bertz CT molecular complexity index is 7100. The Morgan fingerprint density at radius 1 is 0.363 bits per heavy atom. The van der Waals surface area contributed by atoms with Crippen LogP contribution in [0.4, 0.5) is 0 Å². The molecule has 5 unspecified atom stereocenters. The van der Waals surface area contributed by atoms with Crippen molar-refractivity contribution in [2.75, 3.05) is 7.11 Å². The molecule has 15 rings (SSSR count). The van der Waals surface area contributed by atoms with E-state index in [-0.39, 0.29) is 78.0 Å². The Morgan fingerprint density at radius 3 is 1.01 bits per heavy atom. The largest absolute Gasteiger partial charge is 0.480 e. The Morgan fingerprint density at radius 2 is 0.664 bits per heavy atom. The van der Waals surface area contributed by atoms with Crippen molar-refractivity contribution in [2.24, 2.45) is 34.1 Å². The highest BCUT2D eigenvalue weighted by Gasteiger charge is 2.37. The van der Waals surface area contributed by atoms with E-state index in [4.69, 9.17) is 74.3 Å². The summed E-state index contributed by atoms with van der Waals surface area (Å²) in [7, 11) is 1.44. The molecule has 0 aliphatic rings. The van der Waals surface area contributed by atoms with Crippen molar-refractivity contribution >= 4 is 122 Å². The highest BCUT2D eigenvalue weighted by atomic mass is 35.5. The number of ketones is 5. The molecule has 0 spiro atoms. The van der Waals surface area contributed by atoms with Crippen LogP contribution in [0.25, 0.3) is 61.6 Å². The Labute approximate surface area is 845 Å². The van der Waals surface area contributed by atoms with Crippen molar-refractivity contribution in [3.63, 3.8) is 0 Å². The van der Waals surface area contributed by atoms with Crippen LogP contribution in [0, 0.1) is 47.0 Å². The zero-order valence-electron chi connectivity index (χ0n) is 80.7. The van der Waals surface area contributed by atoms with Gasteiger partial charge < -0.3 is 82.6 Å². The van der Waals surface area contributed by atoms with Crippen molar-refractivity contribution in [1.82, 2.24) is 61.3 Å². The van der Waals surface area contributed by atoms with E-state index in [9.17, 15) is 71.9 Å². The number of aromatic amines is 1. The van der Waals surface area contributed by atoms with Gasteiger partial charge >= 0.3 is 0 Å². The molecule has 146 heavy (non-hydrogen) atoms. The molecule has 6 aromatic heterocycles. The van der Waals surface area contributed by atoms with E-state index < -0.39 is 118 Å². The number of halogens is 2. The molecular weight excluding hydrogens is 1910 g/mol. The van der Waals surface area contributed by atoms with Crippen LogP contribution in [0.5, 0.6) is 5.88 Å². The fourth-order valence-electron chi connectivity index (χ4n) is 15.3. The zero-order chi connectivity index (χ0) is 106. The number of rotatable bonds is 35. The van der Waals surface area contributed by atoms with E-state index in [2.05, 4.69) is 56.6 Å². The van der Waals surface area contributed by atoms with E-state index in [1.807, 2.05) is 150 Å². The third kappa shape index (κ3) is 29.8. The van der Waals surface area contributed by atoms with E-state index >= 15 is 0 Å². The normalized spacial score (nSPS) is 11.8. The Kier molecular flexibility index (Phi) is 37.1. The highest BCUT2D eigenvalue weighted by molar-refractivity contribution is 6.40. The van der Waals surface area contributed by atoms with Gasteiger partial charge in [-0.1, -0.05) is 261 Å². The number of oxazole rings is 4. The topological polar surface area (TPSA) is 593 Å². The first-order valence-corrected chi connectivity index (χ1v) is 45.9. The molecule has 750 valence electrons. The number of benzene rings is 9. The van der Waals surface area contributed by atoms with E-state index in [0.29, 0.717) is 84.0 Å². The van der Waals surface area contributed by atoms with Gasteiger partial charge in [-0.3, -0.25) is 71.9 Å². The average molecular weight is 2020 g/mol. The summed E-state index contributed by atoms with van der Waals surface area (Å²) in [6.45, 7) is 16.0. The molecule has 0 aliphatic heterocycles. The second kappa shape index (κ2) is 49.9. The molecule has 0 radical (unpaired) electrons. The van der Waals surface area contributed by atoms with Gasteiger partial charge in [0.15, 0.2) is 23.6 Å². The van der Waals surface area contributed by atoms with Crippen LogP contribution >= 0.6 is 23.2 Å². The number of primary amides is 5. The van der Waals surface area contributed by atoms with Crippen molar-refractivity contribution < 1.29 is 94.3 Å². The lowest BCUT2D eigenvalue weighted by Crippen LogP contribution is -2.47. The number of H-pyrrole nitrogens is 1. The summed E-state index contributed by atoms with van der Waals surface area (Å²) >= 11 is 12.0. The SMILES string of the molecule is COc1cc(C(=O)NC(Cc2ccccc2)C(=O)C(N)=O)n(-c2ccccc2)n1.Cc1cc(C)cc(CC(NC(=O)c2oc(C)nc2-c2ccccc2)C(=O)C(N)=O)c1.Cc1nc(-c2ccccc2)c(C(=O)NC(CC(C)(C)C)C(=O)C(N)=O)o1.Cc1nc(-c2ccccc2)c(C(=O)NC(Cc2c[nH]c3ccccc23)C(=O)C(N)=O)o1.Cc1nc(-c2ccccc2)c(C(=O)NC(Cc2cc(Cl)cc(Cl)c2)C(=O)C(N)=O)o1. The number of aryl methyl sites for hydroxylation is 6. The van der Waals surface area contributed by atoms with E-state index in [1.54, 1.807) is 155 Å². The minimum absolute atomic E-state index is 0.00937. The predicted octanol–water partition coefficient (Wildman–Crippen LogP) is 12.1. The number of nitrogens with two attached hydrogens (primary N) is 5. The summed E-state index contributed by atoms with van der Waals surface area (Å²) < 4.78 is 28.5. The van der Waals surface area contributed by atoms with Crippen molar-refractivity contribution in [2.45, 2.75) is 125 Å². The molecule has 10 amide bonds. The van der Waals surface area contributed by atoms with Crippen LogP contribution in [-0.2, 0) is 73.6 Å². The standard InChI is InChI=1S/C23H20N4O4.C23H23N3O4.C21H17Cl2N3O4.C21H20N4O4.C19H23N3O4/c1-13-26-19(14-7-3-2-4-8-14)21(31-13)23(30)27-18(20(28)22(24)29)11-15-12-25-17-10-6-5-9-16(15)17;1-13-9-14(2)11-16(10-13)12-18(20(27)22(24)28)26-23(29)21-19(25-15(3)30-21)17-7-5-4-6-8-17;1-11-25-17(13-5-3-2-4-6-13)19(30-11)21(29)26-16(18(27)20(24)28)9-12-7-14(22)10-15(23)8-12;1-29-18-13-17(25(24-18)15-10-6-3-7-11-15)21(28)23-16(19(26)20(22)27)12-14-8-4-2-5-9-14;1-11-21-14(12-8-6-5-7-9-12)16(26-11)18(25)22-13(10-19(2,3)4)15(23)17(20)24/h2-10,12,18,25H,11H2,1H3,(H2,24,29)(H,27,30);4-11,18H,12H2,1-3H3,(H2,24,28)(H,26,29);2-8,10,16H,9H2,1H3,(H2,24,28)(H,26,29);2-11,13,16H,12H2,1H3,(H2,22,27)(H,23,28);5-9,13H,10H2,1-4H3,(H2,20,24)(H,22,25). The van der Waals surface area contributed by atoms with E-state index in [0.717, 1.165) is 38.7 Å². The number of nitrogens with one attached hydrogen (secondary N) is 6. The van der Waals surface area contributed by atoms with Crippen LogP contribution in [-0.4, -0.2) is 160 Å². The van der Waals surface area contributed by atoms with Crippen molar-refractivity contribution in [3.05, 3.63) is 351 Å². The van der Waals surface area contributed by atoms with Gasteiger partial charge in [0.2, 0.25) is 57.8 Å². The number of carbonyl (C=O) groups excluding carboxylic acids is 15. The Balaban J connectivity index is 0.000000174. The fraction of sp³-hybridized carbons (Fsp3) is 0.196. The van der Waals surface area contributed by atoms with Crippen LogP contribution in [0.2, 0.25) is 10.0 Å². The summed E-state index contributed by atoms with van der Waals surface area (Å²) in [5.74, 6) is -12.0. The predicted molar refractivity (Wildman–Crippen MR) is 540 cm³/mol. The van der Waals surface area contributed by atoms with Crippen molar-refractivity contribution in [1.29, 1.82) is 0 Å². The lowest BCUT2D eigenvalue weighted by Gasteiger charge is -2.24. The van der Waals surface area contributed by atoms with Gasteiger partial charge in [0, 0.05) is 109 Å². The summed E-state index contributed by atoms with van der Waals surface area (Å²) in [6.07, 6.45) is 2.31. The van der Waals surface area contributed by atoms with Gasteiger partial charge in [0.05, 0.1) is 18.8 Å². The monoisotopic (exact) mass is 2020 g/mol. The number of methoxy groups -OCH3 is 1. The van der Waals surface area contributed by atoms with Crippen LogP contribution in [0.1, 0.15) is 137 Å². The molecule has 0 aliphatic carbocycles. The molecular formula is C107H103Cl2N17O20. The number of Topliss-reactive ketones (excluding diaryl/α,β-unsaturated/α-hetero) is 5. The number of nitrogens with zero attached hydrogens (tertiary/aromatic N) is 6. The first-order chi connectivity index (χ1) is 69.5. The molecule has 9 aromatic carbocycles. The number of hydrogen-bond donors (Lipinski definition) is 11. The molecule has 15 aromatic rings. The summed E-state index contributed by atoms with van der Waals surface area (Å²) in [6, 6.07) is 68.1. The summed E-state index contributed by atoms with van der Waals surface area (Å²) in [5.41, 5.74) is 36.4. The number of aromatic nitrogens is 7. The van der Waals surface area contributed by atoms with Crippen LogP contribution < -0.4 is 60.0 Å². The van der Waals surface area contributed by atoms with Gasteiger partial charge in [0.1, 0.15) is 52.6 Å². The zero-order valence-corrected chi connectivity index (χ0v) is 82.2. The maximum atomic E-state index is 13.0. The van der Waals surface area contributed by atoms with Gasteiger partial charge in [-0.05, 0) is 84.3 Å². The van der Waals surface area contributed by atoms with Crippen LogP contribution in [0.3, 0.4) is 0 Å². The second-order valence-corrected chi connectivity index (χ2v) is 35.3. The number of amides is 10. The summed E-state index contributed by atoms with van der Waals surface area (Å²) in [5, 5.41) is 18.7. The van der Waals surface area contributed by atoms with Gasteiger partial charge in [-0.15, -0.1) is 5.10 Å². The number of para-hydroxylation sites is 2. The van der Waals surface area contributed by atoms with Crippen LogP contribution in [0.15, 0.2) is 273 Å². The van der Waals surface area contributed by atoms with Gasteiger partial charge in [-0.2, -0.15) is 0 Å². The minimum Gasteiger partial charge on any atom is -0.480 e. The fourth-order valence-corrected chi connectivity index (χ4v) is 15.9. The number of hydrogen-bond acceptors (Lipinski definition) is 25. The lowest BCUT2D eigenvalue weighted by atomic mass is 9.86. The third-order valence-corrected chi connectivity index (χ3v) is 22.1. The van der Waals surface area contributed by atoms with Crippen molar-refractivity contribution in [3.8, 4) is 56.6 Å². The van der Waals surface area contributed by atoms with Gasteiger partial charge in [0.25, 0.3) is 59.1 Å². The lowest BCUT2D eigenvalue weighted by molar-refractivity contribution is -0.137. The molecule has 0 fully saturated rings. The smallest absolute Gasteiger partial charge is 0.290 e. The molecule has 39 heteroatoms. The molecule has 6 heterocycles. The number of carbonyl (C=O) groups is 15. The first kappa shape index (κ1) is 108. The maximum absolute atomic E-state index is 13.0.